The van der Waals surface area contributed by atoms with E-state index in [0.717, 1.165) is 59.2 Å². The zero-order valence-corrected chi connectivity index (χ0v) is 18.3. The summed E-state index contributed by atoms with van der Waals surface area (Å²) in [6, 6.07) is 14.9. The number of hydrogen-bond acceptors (Lipinski definition) is 4. The van der Waals surface area contributed by atoms with E-state index in [0.29, 0.717) is 17.6 Å². The van der Waals surface area contributed by atoms with Crippen molar-refractivity contribution in [3.05, 3.63) is 77.5 Å². The quantitative estimate of drug-likeness (QED) is 0.412. The highest BCUT2D eigenvalue weighted by atomic mass is 35.5. The number of benzene rings is 2. The van der Waals surface area contributed by atoms with Crippen LogP contribution >= 0.6 is 11.6 Å². The zero-order chi connectivity index (χ0) is 22.1. The fourth-order valence-electron chi connectivity index (χ4n) is 4.35. The molecule has 1 saturated carbocycles. The standard InChI is InChI=1S/C25H24ClFN4O/c26-22-13-28-25(30-19-5-7-20(32)8-6-19)12-21(22)17-4-9-23-24(11-17)31(15-29-23)14-16-2-1-3-18(27)10-16/h1-4,9-13,15,19-20,32H,5-8,14H2,(H,28,30). The lowest BCUT2D eigenvalue weighted by atomic mass is 9.93. The minimum Gasteiger partial charge on any atom is -0.393 e. The molecule has 2 heterocycles. The second-order valence-electron chi connectivity index (χ2n) is 8.41. The van der Waals surface area contributed by atoms with Crippen LogP contribution in [0.1, 0.15) is 31.2 Å². The molecule has 1 aliphatic rings. The summed E-state index contributed by atoms with van der Waals surface area (Å²) >= 11 is 6.52. The first-order valence-corrected chi connectivity index (χ1v) is 11.2. The number of fused-ring (bicyclic) bond motifs is 1. The molecule has 32 heavy (non-hydrogen) atoms. The Kier molecular flexibility index (Phi) is 5.81. The zero-order valence-electron chi connectivity index (χ0n) is 17.5. The molecule has 5 nitrogen and oxygen atoms in total. The van der Waals surface area contributed by atoms with Crippen LogP contribution in [0.4, 0.5) is 10.2 Å². The second kappa shape index (κ2) is 8.88. The maximum absolute atomic E-state index is 13.6. The minimum atomic E-state index is -0.247. The molecule has 0 amide bonds. The molecule has 5 rings (SSSR count). The Morgan fingerprint density at radius 1 is 1.06 bits per heavy atom. The third kappa shape index (κ3) is 4.47. The normalized spacial score (nSPS) is 18.7. The van der Waals surface area contributed by atoms with Crippen LogP contribution in [0.25, 0.3) is 22.2 Å². The van der Waals surface area contributed by atoms with Gasteiger partial charge in [0, 0.05) is 24.3 Å². The summed E-state index contributed by atoms with van der Waals surface area (Å²) in [6.07, 6.45) is 6.72. The van der Waals surface area contributed by atoms with Crippen molar-refractivity contribution in [2.45, 2.75) is 44.4 Å². The SMILES string of the molecule is OC1CCC(Nc2cc(-c3ccc4ncn(Cc5cccc(F)c5)c4c3)c(Cl)cn2)CC1. The van der Waals surface area contributed by atoms with E-state index in [1.54, 1.807) is 18.6 Å². The largest absolute Gasteiger partial charge is 0.393 e. The van der Waals surface area contributed by atoms with Crippen molar-refractivity contribution in [3.8, 4) is 11.1 Å². The number of nitrogens with one attached hydrogen (secondary N) is 1. The predicted octanol–water partition coefficient (Wildman–Crippen LogP) is 5.65. The average molecular weight is 451 g/mol. The first-order valence-electron chi connectivity index (χ1n) is 10.8. The van der Waals surface area contributed by atoms with Crippen molar-refractivity contribution < 1.29 is 9.50 Å². The van der Waals surface area contributed by atoms with E-state index in [2.05, 4.69) is 21.4 Å². The van der Waals surface area contributed by atoms with Gasteiger partial charge in [0.2, 0.25) is 0 Å². The number of aliphatic hydroxyl groups excluding tert-OH is 1. The van der Waals surface area contributed by atoms with Crippen LogP contribution in [0, 0.1) is 5.82 Å². The summed E-state index contributed by atoms with van der Waals surface area (Å²) in [5.41, 5.74) is 4.55. The Morgan fingerprint density at radius 2 is 1.91 bits per heavy atom. The Hall–Kier alpha value is -2.96. The Labute approximate surface area is 190 Å². The molecule has 0 spiro atoms. The Balaban J connectivity index is 1.44. The molecule has 0 aliphatic heterocycles. The number of hydrogen-bond donors (Lipinski definition) is 2. The van der Waals surface area contributed by atoms with Crippen LogP contribution < -0.4 is 5.32 Å². The number of halogens is 2. The Bertz CT molecular complexity index is 1250. The maximum atomic E-state index is 13.6. The van der Waals surface area contributed by atoms with E-state index in [-0.39, 0.29) is 11.9 Å². The number of aliphatic hydroxyl groups is 1. The van der Waals surface area contributed by atoms with Gasteiger partial charge in [0.15, 0.2) is 0 Å². The monoisotopic (exact) mass is 450 g/mol. The van der Waals surface area contributed by atoms with Crippen molar-refractivity contribution >= 4 is 28.5 Å². The van der Waals surface area contributed by atoms with Gasteiger partial charge >= 0.3 is 0 Å². The lowest BCUT2D eigenvalue weighted by molar-refractivity contribution is 0.126. The van der Waals surface area contributed by atoms with Crippen LogP contribution in [0.5, 0.6) is 0 Å². The van der Waals surface area contributed by atoms with Crippen molar-refractivity contribution in [1.29, 1.82) is 0 Å². The second-order valence-corrected chi connectivity index (χ2v) is 8.81. The average Bonchev–Trinajstić information content (AvgIpc) is 3.18. The molecule has 0 saturated heterocycles. The van der Waals surface area contributed by atoms with Crippen molar-refractivity contribution in [3.63, 3.8) is 0 Å². The van der Waals surface area contributed by atoms with Gasteiger partial charge in [0.05, 0.1) is 28.5 Å². The molecule has 0 bridgehead atoms. The molecule has 4 aromatic rings. The van der Waals surface area contributed by atoms with Gasteiger partial charge in [-0.1, -0.05) is 29.8 Å². The van der Waals surface area contributed by atoms with E-state index in [9.17, 15) is 9.50 Å². The fourth-order valence-corrected chi connectivity index (χ4v) is 4.56. The molecule has 2 aromatic heterocycles. The van der Waals surface area contributed by atoms with Crippen molar-refractivity contribution in [2.75, 3.05) is 5.32 Å². The maximum Gasteiger partial charge on any atom is 0.126 e. The predicted molar refractivity (Wildman–Crippen MR) is 125 cm³/mol. The number of imidazole rings is 1. The molecule has 1 aliphatic carbocycles. The van der Waals surface area contributed by atoms with Gasteiger partial charge in [-0.2, -0.15) is 0 Å². The highest BCUT2D eigenvalue weighted by molar-refractivity contribution is 6.33. The lowest BCUT2D eigenvalue weighted by Gasteiger charge is -2.26. The molecule has 0 atom stereocenters. The first-order chi connectivity index (χ1) is 15.5. The molecular formula is C25H24ClFN4O. The van der Waals surface area contributed by atoms with E-state index in [4.69, 9.17) is 11.6 Å². The van der Waals surface area contributed by atoms with Gasteiger partial charge in [-0.25, -0.2) is 14.4 Å². The Morgan fingerprint density at radius 3 is 2.72 bits per heavy atom. The van der Waals surface area contributed by atoms with Gasteiger partial charge in [0.25, 0.3) is 0 Å². The molecule has 7 heteroatoms. The highest BCUT2D eigenvalue weighted by Gasteiger charge is 2.20. The molecular weight excluding hydrogens is 427 g/mol. The van der Waals surface area contributed by atoms with Gasteiger partial charge in [-0.05, 0) is 67.1 Å². The summed E-state index contributed by atoms with van der Waals surface area (Å²) in [4.78, 5) is 8.94. The number of rotatable bonds is 5. The first kappa shape index (κ1) is 20.9. The topological polar surface area (TPSA) is 63.0 Å². The number of anilines is 1. The molecule has 0 radical (unpaired) electrons. The smallest absolute Gasteiger partial charge is 0.126 e. The molecule has 0 unspecified atom stereocenters. The third-order valence-corrected chi connectivity index (χ3v) is 6.38. The van der Waals surface area contributed by atoms with Crippen molar-refractivity contribution in [1.82, 2.24) is 14.5 Å². The molecule has 2 N–H and O–H groups in total. The fraction of sp³-hybridized carbons (Fsp3) is 0.280. The van der Waals surface area contributed by atoms with Crippen LogP contribution in [0.2, 0.25) is 5.02 Å². The summed E-state index contributed by atoms with van der Waals surface area (Å²) in [5, 5.41) is 13.8. The van der Waals surface area contributed by atoms with Crippen LogP contribution in [0.3, 0.4) is 0 Å². The minimum absolute atomic E-state index is 0.189. The number of aromatic nitrogens is 3. The summed E-state index contributed by atoms with van der Waals surface area (Å²) < 4.78 is 15.6. The van der Waals surface area contributed by atoms with Gasteiger partial charge in [0.1, 0.15) is 11.6 Å². The summed E-state index contributed by atoms with van der Waals surface area (Å²) in [7, 11) is 0. The molecule has 164 valence electrons. The van der Waals surface area contributed by atoms with E-state index >= 15 is 0 Å². The van der Waals surface area contributed by atoms with Gasteiger partial charge in [-0.3, -0.25) is 0 Å². The molecule has 1 fully saturated rings. The van der Waals surface area contributed by atoms with Gasteiger partial charge < -0.3 is 15.0 Å². The van der Waals surface area contributed by atoms with Crippen molar-refractivity contribution in [2.24, 2.45) is 0 Å². The van der Waals surface area contributed by atoms with Gasteiger partial charge in [-0.15, -0.1) is 0 Å². The highest BCUT2D eigenvalue weighted by Crippen LogP contribution is 2.32. The van der Waals surface area contributed by atoms with E-state index < -0.39 is 0 Å². The van der Waals surface area contributed by atoms with Crippen LogP contribution in [0.15, 0.2) is 61.1 Å². The van der Waals surface area contributed by atoms with E-state index in [1.165, 1.54) is 12.1 Å². The number of pyridine rings is 1. The summed E-state index contributed by atoms with van der Waals surface area (Å²) in [5.74, 6) is 0.530. The summed E-state index contributed by atoms with van der Waals surface area (Å²) in [6.45, 7) is 0.530. The van der Waals surface area contributed by atoms with Crippen LogP contribution in [-0.2, 0) is 6.54 Å². The van der Waals surface area contributed by atoms with Crippen LogP contribution in [-0.4, -0.2) is 31.8 Å². The lowest BCUT2D eigenvalue weighted by Crippen LogP contribution is -2.28. The van der Waals surface area contributed by atoms with E-state index in [1.807, 2.05) is 28.8 Å². The molecule has 2 aromatic carbocycles. The number of nitrogens with zero attached hydrogens (tertiary/aromatic N) is 3. The third-order valence-electron chi connectivity index (χ3n) is 6.08.